The quantitative estimate of drug-likeness (QED) is 0.521. The largest absolute Gasteiger partial charge is 0.362 e. The number of thiocarbonyl (C=S) groups is 1. The summed E-state index contributed by atoms with van der Waals surface area (Å²) in [6, 6.07) is 5.36. The zero-order valence-corrected chi connectivity index (χ0v) is 17.1. The van der Waals surface area contributed by atoms with Crippen molar-refractivity contribution < 1.29 is 0 Å². The van der Waals surface area contributed by atoms with Gasteiger partial charge in [0.25, 0.3) is 0 Å². The molecule has 0 aliphatic carbocycles. The molecule has 2 N–H and O–H groups in total. The molecule has 0 amide bonds. The van der Waals surface area contributed by atoms with Crippen LogP contribution in [0.3, 0.4) is 0 Å². The number of halogens is 3. The number of rotatable bonds is 7. The van der Waals surface area contributed by atoms with E-state index < -0.39 is 0 Å². The number of hydrogen-bond donors (Lipinski definition) is 2. The molecule has 25 heavy (non-hydrogen) atoms. The molecule has 0 radical (unpaired) electrons. The minimum absolute atomic E-state index is 0.487. The van der Waals surface area contributed by atoms with Gasteiger partial charge in [-0.2, -0.15) is 5.10 Å². The number of hydrogen-bond acceptors (Lipinski definition) is 3. The minimum atomic E-state index is 0.487. The lowest BCUT2D eigenvalue weighted by Gasteiger charge is -2.11. The third-order valence-corrected chi connectivity index (χ3v) is 4.47. The third-order valence-electron chi connectivity index (χ3n) is 3.36. The Bertz CT molecular complexity index is 733. The summed E-state index contributed by atoms with van der Waals surface area (Å²) < 4.78 is 1.70. The standard InChI is InChI=1S/C16H20Cl3N5S/c1-23(2)7-3-6-20-16(25)21-15-14(19)10-24(22-15)9-11-4-5-12(17)8-13(11)18/h4-5,8,10H,3,6-7,9H2,1-2H3,(H2,20,21,22,25). The maximum absolute atomic E-state index is 6.23. The van der Waals surface area contributed by atoms with E-state index in [2.05, 4.69) is 20.6 Å². The summed E-state index contributed by atoms with van der Waals surface area (Å²) in [7, 11) is 4.08. The van der Waals surface area contributed by atoms with Crippen molar-refractivity contribution in [2.75, 3.05) is 32.5 Å². The summed E-state index contributed by atoms with van der Waals surface area (Å²) in [5, 5.41) is 12.7. The van der Waals surface area contributed by atoms with Crippen LogP contribution in [0.2, 0.25) is 15.1 Å². The molecule has 1 aromatic carbocycles. The lowest BCUT2D eigenvalue weighted by Crippen LogP contribution is -2.31. The summed E-state index contributed by atoms with van der Waals surface area (Å²) in [5.41, 5.74) is 0.904. The zero-order chi connectivity index (χ0) is 18.4. The Balaban J connectivity index is 1.92. The molecular formula is C16H20Cl3N5S. The SMILES string of the molecule is CN(C)CCCNC(=S)Nc1nn(Cc2ccc(Cl)cc2Cl)cc1Cl. The van der Waals surface area contributed by atoms with Gasteiger partial charge in [0.1, 0.15) is 5.02 Å². The molecule has 0 fully saturated rings. The normalized spacial score (nSPS) is 11.0. The van der Waals surface area contributed by atoms with Gasteiger partial charge >= 0.3 is 0 Å². The Labute approximate surface area is 168 Å². The van der Waals surface area contributed by atoms with Gasteiger partial charge in [0, 0.05) is 22.8 Å². The van der Waals surface area contributed by atoms with Crippen LogP contribution in [0, 0.1) is 0 Å². The van der Waals surface area contributed by atoms with E-state index in [9.17, 15) is 0 Å². The van der Waals surface area contributed by atoms with Crippen molar-refractivity contribution in [1.29, 1.82) is 0 Å². The predicted octanol–water partition coefficient (Wildman–Crippen LogP) is 4.13. The van der Waals surface area contributed by atoms with Crippen LogP contribution in [-0.4, -0.2) is 47.0 Å². The second-order valence-electron chi connectivity index (χ2n) is 5.80. The first-order valence-corrected chi connectivity index (χ1v) is 9.26. The first kappa shape index (κ1) is 20.3. The van der Waals surface area contributed by atoms with E-state index in [1.54, 1.807) is 23.0 Å². The Hall–Kier alpha value is -1.05. The number of anilines is 1. The molecule has 1 heterocycles. The number of nitrogens with zero attached hydrogens (tertiary/aromatic N) is 3. The second kappa shape index (κ2) is 9.59. The molecule has 0 unspecified atom stereocenters. The van der Waals surface area contributed by atoms with Gasteiger partial charge in [-0.25, -0.2) is 0 Å². The van der Waals surface area contributed by atoms with Crippen molar-refractivity contribution in [1.82, 2.24) is 20.0 Å². The molecule has 136 valence electrons. The first-order valence-electron chi connectivity index (χ1n) is 7.71. The molecule has 0 aliphatic heterocycles. The van der Waals surface area contributed by atoms with E-state index in [-0.39, 0.29) is 0 Å². The van der Waals surface area contributed by atoms with E-state index in [0.29, 0.717) is 32.5 Å². The van der Waals surface area contributed by atoms with E-state index in [1.165, 1.54) is 0 Å². The fourth-order valence-corrected chi connectivity index (χ4v) is 3.00. The Morgan fingerprint density at radius 1 is 1.24 bits per heavy atom. The zero-order valence-electron chi connectivity index (χ0n) is 14.0. The molecule has 1 aromatic heterocycles. The second-order valence-corrected chi connectivity index (χ2v) is 7.46. The molecule has 5 nitrogen and oxygen atoms in total. The lowest BCUT2D eigenvalue weighted by molar-refractivity contribution is 0.400. The van der Waals surface area contributed by atoms with Gasteiger partial charge in [0.05, 0.1) is 6.54 Å². The van der Waals surface area contributed by atoms with Crippen molar-refractivity contribution in [3.05, 3.63) is 45.0 Å². The molecule has 0 saturated heterocycles. The molecule has 9 heteroatoms. The Morgan fingerprint density at radius 3 is 2.68 bits per heavy atom. The van der Waals surface area contributed by atoms with Crippen LogP contribution in [0.5, 0.6) is 0 Å². The highest BCUT2D eigenvalue weighted by Gasteiger charge is 2.10. The van der Waals surface area contributed by atoms with Crippen LogP contribution in [0.15, 0.2) is 24.4 Å². The van der Waals surface area contributed by atoms with Gasteiger partial charge in [-0.1, -0.05) is 40.9 Å². The Kier molecular flexibility index (Phi) is 7.78. The first-order chi connectivity index (χ1) is 11.8. The summed E-state index contributed by atoms with van der Waals surface area (Å²) in [6.07, 6.45) is 2.72. The van der Waals surface area contributed by atoms with Gasteiger partial charge in [-0.15, -0.1) is 0 Å². The van der Waals surface area contributed by atoms with Crippen molar-refractivity contribution in [3.8, 4) is 0 Å². The van der Waals surface area contributed by atoms with Crippen molar-refractivity contribution in [2.45, 2.75) is 13.0 Å². The average Bonchev–Trinajstić information content (AvgIpc) is 2.86. The lowest BCUT2D eigenvalue weighted by atomic mass is 10.2. The van der Waals surface area contributed by atoms with Gasteiger partial charge in [0.2, 0.25) is 0 Å². The predicted molar refractivity (Wildman–Crippen MR) is 110 cm³/mol. The number of nitrogens with one attached hydrogen (secondary N) is 2. The average molecular weight is 421 g/mol. The van der Waals surface area contributed by atoms with Crippen LogP contribution >= 0.6 is 47.0 Å². The fourth-order valence-electron chi connectivity index (χ4n) is 2.14. The molecule has 0 saturated carbocycles. The van der Waals surface area contributed by atoms with Gasteiger partial charge in [0.15, 0.2) is 10.9 Å². The van der Waals surface area contributed by atoms with E-state index >= 15 is 0 Å². The van der Waals surface area contributed by atoms with Gasteiger partial charge in [-0.3, -0.25) is 4.68 Å². The van der Waals surface area contributed by atoms with Crippen LogP contribution in [0.4, 0.5) is 5.82 Å². The van der Waals surface area contributed by atoms with E-state index in [1.807, 2.05) is 20.2 Å². The van der Waals surface area contributed by atoms with Crippen LogP contribution in [0.1, 0.15) is 12.0 Å². The maximum Gasteiger partial charge on any atom is 0.173 e. The molecule has 0 atom stereocenters. The fraction of sp³-hybridized carbons (Fsp3) is 0.375. The smallest absolute Gasteiger partial charge is 0.173 e. The molecule has 2 rings (SSSR count). The van der Waals surface area contributed by atoms with E-state index in [4.69, 9.17) is 47.0 Å². The highest BCUT2D eigenvalue weighted by molar-refractivity contribution is 7.80. The van der Waals surface area contributed by atoms with Crippen molar-refractivity contribution >= 4 is 58.0 Å². The van der Waals surface area contributed by atoms with Crippen molar-refractivity contribution in [3.63, 3.8) is 0 Å². The van der Waals surface area contributed by atoms with Crippen LogP contribution < -0.4 is 10.6 Å². The van der Waals surface area contributed by atoms with E-state index in [0.717, 1.165) is 25.1 Å². The summed E-state index contributed by atoms with van der Waals surface area (Å²) >= 11 is 23.6. The minimum Gasteiger partial charge on any atom is -0.362 e. The van der Waals surface area contributed by atoms with Crippen LogP contribution in [0.25, 0.3) is 0 Å². The number of aromatic nitrogens is 2. The maximum atomic E-state index is 6.23. The molecular weight excluding hydrogens is 401 g/mol. The highest BCUT2D eigenvalue weighted by Crippen LogP contribution is 2.24. The third kappa shape index (κ3) is 6.64. The monoisotopic (exact) mass is 419 g/mol. The summed E-state index contributed by atoms with van der Waals surface area (Å²) in [6.45, 7) is 2.26. The highest BCUT2D eigenvalue weighted by atomic mass is 35.5. The molecule has 0 aliphatic rings. The Morgan fingerprint density at radius 2 is 2.00 bits per heavy atom. The molecule has 0 spiro atoms. The summed E-state index contributed by atoms with van der Waals surface area (Å²) in [5.74, 6) is 0.511. The topological polar surface area (TPSA) is 45.1 Å². The van der Waals surface area contributed by atoms with Gasteiger partial charge < -0.3 is 15.5 Å². The number of benzene rings is 1. The van der Waals surface area contributed by atoms with Crippen molar-refractivity contribution in [2.24, 2.45) is 0 Å². The van der Waals surface area contributed by atoms with Crippen LogP contribution in [-0.2, 0) is 6.54 Å². The summed E-state index contributed by atoms with van der Waals surface area (Å²) in [4.78, 5) is 2.12. The molecule has 2 aromatic rings. The van der Waals surface area contributed by atoms with Gasteiger partial charge in [-0.05, 0) is 57.0 Å². The molecule has 0 bridgehead atoms.